The Bertz CT molecular complexity index is 441. The minimum atomic E-state index is 0.209. The molecule has 0 bridgehead atoms. The number of likely N-dealkylation sites (tertiary alicyclic amines) is 1. The van der Waals surface area contributed by atoms with Gasteiger partial charge in [0.05, 0.1) is 6.10 Å². The Morgan fingerprint density at radius 2 is 1.84 bits per heavy atom. The first-order chi connectivity index (χ1) is 12.0. The molecule has 0 aromatic rings. The van der Waals surface area contributed by atoms with Gasteiger partial charge in [0.15, 0.2) is 0 Å². The van der Waals surface area contributed by atoms with E-state index in [1.54, 1.807) is 0 Å². The van der Waals surface area contributed by atoms with Crippen LogP contribution in [-0.4, -0.2) is 58.9 Å². The van der Waals surface area contributed by atoms with E-state index in [1.807, 2.05) is 7.11 Å². The lowest BCUT2D eigenvalue weighted by atomic mass is 9.70. The normalized spacial score (nSPS) is 48.5. The van der Waals surface area contributed by atoms with Crippen LogP contribution in [0.3, 0.4) is 0 Å². The number of ether oxygens (including phenoxy) is 1. The Morgan fingerprint density at radius 3 is 2.48 bits per heavy atom. The second kappa shape index (κ2) is 8.44. The molecule has 0 aromatic carbocycles. The molecule has 1 saturated carbocycles. The van der Waals surface area contributed by atoms with Crippen LogP contribution in [0.2, 0.25) is 0 Å². The summed E-state index contributed by atoms with van der Waals surface area (Å²) in [5.41, 5.74) is 0. The molecule has 25 heavy (non-hydrogen) atoms. The molecule has 0 amide bonds. The van der Waals surface area contributed by atoms with Gasteiger partial charge >= 0.3 is 0 Å². The highest BCUT2D eigenvalue weighted by atomic mass is 32.2. The molecule has 146 valence electrons. The summed E-state index contributed by atoms with van der Waals surface area (Å²) in [5, 5.41) is 7.73. The maximum Gasteiger partial charge on any atom is 0.115 e. The Morgan fingerprint density at radius 1 is 1.12 bits per heavy atom. The van der Waals surface area contributed by atoms with Crippen molar-refractivity contribution in [3.63, 3.8) is 0 Å². The topological polar surface area (TPSA) is 56.8 Å². The zero-order valence-corrected chi connectivity index (χ0v) is 17.3. The van der Waals surface area contributed by atoms with Gasteiger partial charge in [0, 0.05) is 37.0 Å². The predicted molar refractivity (Wildman–Crippen MR) is 105 cm³/mol. The lowest BCUT2D eigenvalue weighted by Crippen LogP contribution is -2.65. The van der Waals surface area contributed by atoms with Crippen LogP contribution in [0.4, 0.5) is 0 Å². The standard InChI is InChI=1S/C19H37N3O2S/c1-6-15-11(2)13(4)22(18(10-25-23)12(15)3)19-20-16-8-7-14(24-5)9-17(16)21-19/h11-21,23H,6-10H2,1-5H3. The Balaban J connectivity index is 1.77. The molecule has 2 saturated heterocycles. The first kappa shape index (κ1) is 19.9. The van der Waals surface area contributed by atoms with E-state index in [-0.39, 0.29) is 6.29 Å². The van der Waals surface area contributed by atoms with E-state index < -0.39 is 0 Å². The number of hydrogen-bond acceptors (Lipinski definition) is 6. The van der Waals surface area contributed by atoms with Crippen molar-refractivity contribution in [2.24, 2.45) is 17.8 Å². The lowest BCUT2D eigenvalue weighted by molar-refractivity contribution is -0.0562. The molecular formula is C19H37N3O2S. The third-order valence-corrected chi connectivity index (χ3v) is 7.96. The molecule has 1 aliphatic carbocycles. The molecule has 3 fully saturated rings. The van der Waals surface area contributed by atoms with Gasteiger partial charge in [0.25, 0.3) is 0 Å². The predicted octanol–water partition coefficient (Wildman–Crippen LogP) is 2.98. The monoisotopic (exact) mass is 371 g/mol. The van der Waals surface area contributed by atoms with Crippen molar-refractivity contribution in [3.8, 4) is 0 Å². The van der Waals surface area contributed by atoms with Crippen molar-refractivity contribution >= 4 is 12.0 Å². The van der Waals surface area contributed by atoms with Crippen LogP contribution < -0.4 is 10.6 Å². The van der Waals surface area contributed by atoms with Crippen molar-refractivity contribution in [2.75, 3.05) is 12.9 Å². The van der Waals surface area contributed by atoms with Gasteiger partial charge in [0.1, 0.15) is 6.29 Å². The summed E-state index contributed by atoms with van der Waals surface area (Å²) in [6.45, 7) is 9.48. The third kappa shape index (κ3) is 3.76. The molecule has 0 spiro atoms. The third-order valence-electron chi connectivity index (χ3n) is 7.47. The maximum atomic E-state index is 9.61. The fourth-order valence-electron chi connectivity index (χ4n) is 5.81. The molecule has 6 heteroatoms. The summed E-state index contributed by atoms with van der Waals surface area (Å²) in [6, 6.07) is 1.93. The molecule has 2 heterocycles. The van der Waals surface area contributed by atoms with E-state index in [1.165, 1.54) is 12.8 Å². The van der Waals surface area contributed by atoms with Gasteiger partial charge in [-0.15, -0.1) is 0 Å². The Kier molecular flexibility index (Phi) is 6.72. The largest absolute Gasteiger partial charge is 0.381 e. The average molecular weight is 372 g/mol. The molecule has 3 N–H and O–H groups in total. The van der Waals surface area contributed by atoms with Crippen molar-refractivity contribution < 1.29 is 9.29 Å². The minimum absolute atomic E-state index is 0.209. The Labute approximate surface area is 157 Å². The van der Waals surface area contributed by atoms with E-state index in [0.717, 1.165) is 36.6 Å². The van der Waals surface area contributed by atoms with Gasteiger partial charge in [-0.1, -0.05) is 27.2 Å². The summed E-state index contributed by atoms with van der Waals surface area (Å²) in [5.74, 6) is 2.77. The van der Waals surface area contributed by atoms with Crippen molar-refractivity contribution in [1.29, 1.82) is 0 Å². The molecule has 5 nitrogen and oxygen atoms in total. The van der Waals surface area contributed by atoms with Gasteiger partial charge in [-0.25, -0.2) is 0 Å². The van der Waals surface area contributed by atoms with E-state index in [2.05, 4.69) is 43.2 Å². The van der Waals surface area contributed by atoms with Crippen molar-refractivity contribution in [3.05, 3.63) is 0 Å². The van der Waals surface area contributed by atoms with Gasteiger partial charge in [-0.05, 0) is 56.0 Å². The first-order valence-electron chi connectivity index (χ1n) is 10.1. The van der Waals surface area contributed by atoms with Gasteiger partial charge in [0.2, 0.25) is 0 Å². The van der Waals surface area contributed by atoms with Crippen LogP contribution in [0.1, 0.15) is 53.4 Å². The summed E-state index contributed by atoms with van der Waals surface area (Å²) < 4.78 is 15.2. The van der Waals surface area contributed by atoms with Crippen LogP contribution in [0.5, 0.6) is 0 Å². The second-order valence-electron chi connectivity index (χ2n) is 8.46. The van der Waals surface area contributed by atoms with Crippen LogP contribution in [0.15, 0.2) is 0 Å². The van der Waals surface area contributed by atoms with Crippen LogP contribution >= 0.6 is 12.0 Å². The van der Waals surface area contributed by atoms with Crippen molar-refractivity contribution in [2.45, 2.75) is 89.9 Å². The van der Waals surface area contributed by atoms with Gasteiger partial charge in [-0.2, -0.15) is 0 Å². The van der Waals surface area contributed by atoms with Crippen LogP contribution in [-0.2, 0) is 4.74 Å². The zero-order chi connectivity index (χ0) is 18.1. The highest BCUT2D eigenvalue weighted by Crippen LogP contribution is 2.41. The SMILES string of the molecule is CCC1C(C)C(C)N(C2NC3CCC(OC)CC3N2)C(CSO)C1C. The fraction of sp³-hybridized carbons (Fsp3) is 1.00. The molecule has 9 unspecified atom stereocenters. The smallest absolute Gasteiger partial charge is 0.115 e. The van der Waals surface area contributed by atoms with E-state index in [4.69, 9.17) is 4.74 Å². The molecule has 9 atom stereocenters. The number of methoxy groups -OCH3 is 1. The number of rotatable bonds is 5. The average Bonchev–Trinajstić information content (AvgIpc) is 3.02. The Hall–Kier alpha value is 0.150. The highest BCUT2D eigenvalue weighted by Gasteiger charge is 2.49. The molecule has 3 rings (SSSR count). The molecular weight excluding hydrogens is 334 g/mol. The zero-order valence-electron chi connectivity index (χ0n) is 16.4. The van der Waals surface area contributed by atoms with Gasteiger partial charge < -0.3 is 9.29 Å². The molecule has 0 aromatic heterocycles. The van der Waals surface area contributed by atoms with E-state index in [0.29, 0.717) is 42.1 Å². The summed E-state index contributed by atoms with van der Waals surface area (Å²) in [6.07, 6.45) is 5.24. The van der Waals surface area contributed by atoms with E-state index >= 15 is 0 Å². The number of nitrogens with one attached hydrogen (secondary N) is 2. The number of nitrogens with zero attached hydrogens (tertiary/aromatic N) is 1. The van der Waals surface area contributed by atoms with Crippen LogP contribution in [0, 0.1) is 17.8 Å². The quantitative estimate of drug-likeness (QED) is 0.646. The number of hydrogen-bond donors (Lipinski definition) is 3. The van der Waals surface area contributed by atoms with Crippen LogP contribution in [0.25, 0.3) is 0 Å². The number of piperidine rings is 1. The van der Waals surface area contributed by atoms with E-state index in [9.17, 15) is 4.55 Å². The highest BCUT2D eigenvalue weighted by molar-refractivity contribution is 7.93. The maximum absolute atomic E-state index is 9.61. The summed E-state index contributed by atoms with van der Waals surface area (Å²) >= 11 is 1.00. The second-order valence-corrected chi connectivity index (χ2v) is 9.05. The fourth-order valence-corrected chi connectivity index (χ4v) is 6.44. The first-order valence-corrected chi connectivity index (χ1v) is 11.0. The molecule has 2 aliphatic heterocycles. The summed E-state index contributed by atoms with van der Waals surface area (Å²) in [4.78, 5) is 2.63. The van der Waals surface area contributed by atoms with Gasteiger partial charge in [-0.3, -0.25) is 15.5 Å². The molecule has 3 aliphatic rings. The molecule has 0 radical (unpaired) electrons. The number of fused-ring (bicyclic) bond motifs is 1. The lowest BCUT2D eigenvalue weighted by Gasteiger charge is -2.53. The summed E-state index contributed by atoms with van der Waals surface area (Å²) in [7, 11) is 1.83. The minimum Gasteiger partial charge on any atom is -0.381 e. The van der Waals surface area contributed by atoms with Crippen molar-refractivity contribution in [1.82, 2.24) is 15.5 Å².